The minimum Gasteiger partial charge on any atom is -0.467 e. The van der Waals surface area contributed by atoms with E-state index in [0.717, 1.165) is 18.6 Å². The van der Waals surface area contributed by atoms with E-state index in [1.165, 1.54) is 0 Å². The van der Waals surface area contributed by atoms with Crippen molar-refractivity contribution in [2.24, 2.45) is 0 Å². The number of hydrogen-bond acceptors (Lipinski definition) is 3. The summed E-state index contributed by atoms with van der Waals surface area (Å²) in [5, 5.41) is 0. The number of terminal acetylenes is 1. The van der Waals surface area contributed by atoms with E-state index in [1.807, 2.05) is 6.07 Å². The van der Waals surface area contributed by atoms with Gasteiger partial charge in [-0.1, -0.05) is 5.92 Å². The zero-order valence-corrected chi connectivity index (χ0v) is 9.59. The Morgan fingerprint density at radius 3 is 3.12 bits per heavy atom. The smallest absolute Gasteiger partial charge is 0.252 e. The Labute approximate surface area is 101 Å². The van der Waals surface area contributed by atoms with Gasteiger partial charge in [-0.25, -0.2) is 0 Å². The van der Waals surface area contributed by atoms with Gasteiger partial charge in [0.25, 0.3) is 5.91 Å². The lowest BCUT2D eigenvalue weighted by Crippen LogP contribution is -2.38. The molecule has 0 bridgehead atoms. The predicted molar refractivity (Wildman–Crippen MR) is 61.9 cm³/mol. The second-order valence-corrected chi connectivity index (χ2v) is 3.98. The third kappa shape index (κ3) is 2.89. The summed E-state index contributed by atoms with van der Waals surface area (Å²) in [7, 11) is 0. The van der Waals surface area contributed by atoms with Gasteiger partial charge in [0.15, 0.2) is 0 Å². The first-order valence-corrected chi connectivity index (χ1v) is 5.67. The van der Waals surface area contributed by atoms with Gasteiger partial charge in [-0.2, -0.15) is 0 Å². The van der Waals surface area contributed by atoms with E-state index in [2.05, 4.69) is 5.92 Å². The highest BCUT2D eigenvalue weighted by Gasteiger charge is 2.28. The van der Waals surface area contributed by atoms with E-state index in [9.17, 15) is 4.79 Å². The maximum absolute atomic E-state index is 12.1. The molecule has 4 heteroatoms. The zero-order chi connectivity index (χ0) is 12.1. The SMILES string of the molecule is C#CCN(Cc1ccco1)C(=O)[C@@H]1CCCO1. The molecular weight excluding hydrogens is 218 g/mol. The van der Waals surface area contributed by atoms with Crippen molar-refractivity contribution in [1.82, 2.24) is 4.90 Å². The van der Waals surface area contributed by atoms with Crippen LogP contribution >= 0.6 is 0 Å². The van der Waals surface area contributed by atoms with Crippen LogP contribution in [0, 0.1) is 12.3 Å². The Morgan fingerprint density at radius 2 is 2.53 bits per heavy atom. The lowest BCUT2D eigenvalue weighted by atomic mass is 10.2. The molecule has 0 unspecified atom stereocenters. The van der Waals surface area contributed by atoms with E-state index < -0.39 is 0 Å². The maximum Gasteiger partial charge on any atom is 0.252 e. The molecule has 0 saturated carbocycles. The summed E-state index contributed by atoms with van der Waals surface area (Å²) in [5.74, 6) is 3.18. The van der Waals surface area contributed by atoms with E-state index in [1.54, 1.807) is 17.2 Å². The van der Waals surface area contributed by atoms with Crippen molar-refractivity contribution in [2.45, 2.75) is 25.5 Å². The largest absolute Gasteiger partial charge is 0.467 e. The minimum absolute atomic E-state index is 0.0446. The molecule has 1 aliphatic rings. The van der Waals surface area contributed by atoms with Crippen molar-refractivity contribution < 1.29 is 13.9 Å². The fourth-order valence-corrected chi connectivity index (χ4v) is 1.89. The van der Waals surface area contributed by atoms with Gasteiger partial charge in [0.1, 0.15) is 11.9 Å². The van der Waals surface area contributed by atoms with Gasteiger partial charge in [0.05, 0.1) is 19.4 Å². The Bertz CT molecular complexity index is 399. The van der Waals surface area contributed by atoms with E-state index in [-0.39, 0.29) is 18.6 Å². The van der Waals surface area contributed by atoms with Gasteiger partial charge in [-0.15, -0.1) is 6.42 Å². The molecule has 0 spiro atoms. The van der Waals surface area contributed by atoms with E-state index >= 15 is 0 Å². The van der Waals surface area contributed by atoms with Crippen molar-refractivity contribution in [3.05, 3.63) is 24.2 Å². The molecule has 2 rings (SSSR count). The number of hydrogen-bond donors (Lipinski definition) is 0. The number of furan rings is 1. The summed E-state index contributed by atoms with van der Waals surface area (Å²) in [6.07, 6.45) is 8.24. The third-order valence-electron chi connectivity index (χ3n) is 2.73. The average molecular weight is 233 g/mol. The molecule has 0 aliphatic carbocycles. The fourth-order valence-electron chi connectivity index (χ4n) is 1.89. The van der Waals surface area contributed by atoms with Gasteiger partial charge in [-0.3, -0.25) is 4.79 Å². The molecule has 0 aromatic carbocycles. The predicted octanol–water partition coefficient (Wildman–Crippen LogP) is 1.42. The van der Waals surface area contributed by atoms with Crippen LogP contribution in [0.4, 0.5) is 0 Å². The number of carbonyl (C=O) groups is 1. The molecule has 4 nitrogen and oxygen atoms in total. The summed E-state index contributed by atoms with van der Waals surface area (Å²) >= 11 is 0. The van der Waals surface area contributed by atoms with Crippen LogP contribution in [0.3, 0.4) is 0 Å². The standard InChI is InChI=1S/C13H15NO3/c1-2-7-14(10-11-5-3-8-16-11)13(15)12-6-4-9-17-12/h1,3,5,8,12H,4,6-7,9-10H2/t12-/m0/s1. The Morgan fingerprint density at radius 1 is 1.65 bits per heavy atom. The molecule has 1 amide bonds. The van der Waals surface area contributed by atoms with Crippen molar-refractivity contribution in [3.8, 4) is 12.3 Å². The number of nitrogens with zero attached hydrogens (tertiary/aromatic N) is 1. The number of carbonyl (C=O) groups excluding carboxylic acids is 1. The molecular formula is C13H15NO3. The highest BCUT2D eigenvalue weighted by molar-refractivity contribution is 5.81. The van der Waals surface area contributed by atoms with Crippen molar-refractivity contribution in [3.63, 3.8) is 0 Å². The lowest BCUT2D eigenvalue weighted by molar-refractivity contribution is -0.141. The molecule has 90 valence electrons. The van der Waals surface area contributed by atoms with Crippen LogP contribution < -0.4 is 0 Å². The zero-order valence-electron chi connectivity index (χ0n) is 9.59. The summed E-state index contributed by atoms with van der Waals surface area (Å²) in [4.78, 5) is 13.7. The van der Waals surface area contributed by atoms with Crippen LogP contribution in [0.2, 0.25) is 0 Å². The lowest BCUT2D eigenvalue weighted by Gasteiger charge is -2.22. The van der Waals surface area contributed by atoms with Crippen LogP contribution in [0.15, 0.2) is 22.8 Å². The Kier molecular flexibility index (Phi) is 3.84. The molecule has 1 aromatic heterocycles. The summed E-state index contributed by atoms with van der Waals surface area (Å²) < 4.78 is 10.6. The van der Waals surface area contributed by atoms with Crippen molar-refractivity contribution >= 4 is 5.91 Å². The van der Waals surface area contributed by atoms with Gasteiger partial charge >= 0.3 is 0 Å². The van der Waals surface area contributed by atoms with E-state index in [4.69, 9.17) is 15.6 Å². The molecule has 17 heavy (non-hydrogen) atoms. The molecule has 1 aromatic rings. The molecule has 1 fully saturated rings. The minimum atomic E-state index is -0.335. The maximum atomic E-state index is 12.1. The summed E-state index contributed by atoms with van der Waals surface area (Å²) in [6.45, 7) is 1.33. The van der Waals surface area contributed by atoms with Gasteiger partial charge in [0, 0.05) is 6.61 Å². The fraction of sp³-hybridized carbons (Fsp3) is 0.462. The highest BCUT2D eigenvalue weighted by Crippen LogP contribution is 2.16. The van der Waals surface area contributed by atoms with E-state index in [0.29, 0.717) is 13.2 Å². The van der Waals surface area contributed by atoms with Gasteiger partial charge in [-0.05, 0) is 25.0 Å². The third-order valence-corrected chi connectivity index (χ3v) is 2.73. The monoisotopic (exact) mass is 233 g/mol. The number of rotatable bonds is 4. The summed E-state index contributed by atoms with van der Waals surface area (Å²) in [5.41, 5.74) is 0. The topological polar surface area (TPSA) is 42.7 Å². The van der Waals surface area contributed by atoms with Crippen LogP contribution in [-0.4, -0.2) is 30.1 Å². The first-order valence-electron chi connectivity index (χ1n) is 5.67. The first-order chi connectivity index (χ1) is 8.31. The Hall–Kier alpha value is -1.73. The van der Waals surface area contributed by atoms with Crippen LogP contribution in [0.1, 0.15) is 18.6 Å². The summed E-state index contributed by atoms with van der Waals surface area (Å²) in [6, 6.07) is 3.62. The second-order valence-electron chi connectivity index (χ2n) is 3.98. The number of ether oxygens (including phenoxy) is 1. The first kappa shape index (κ1) is 11.7. The molecule has 1 saturated heterocycles. The molecule has 2 heterocycles. The van der Waals surface area contributed by atoms with Crippen LogP contribution in [0.25, 0.3) is 0 Å². The molecule has 0 radical (unpaired) electrons. The molecule has 1 atom stereocenters. The normalized spacial score (nSPS) is 18.9. The number of amides is 1. The van der Waals surface area contributed by atoms with Crippen LogP contribution in [0.5, 0.6) is 0 Å². The average Bonchev–Trinajstić information content (AvgIpc) is 3.00. The quantitative estimate of drug-likeness (QED) is 0.739. The molecule has 1 aliphatic heterocycles. The molecule has 0 N–H and O–H groups in total. The highest BCUT2D eigenvalue weighted by atomic mass is 16.5. The second kappa shape index (κ2) is 5.55. The Balaban J connectivity index is 2.01. The van der Waals surface area contributed by atoms with Gasteiger partial charge in [0.2, 0.25) is 0 Å². The van der Waals surface area contributed by atoms with Crippen LogP contribution in [-0.2, 0) is 16.1 Å². The van der Waals surface area contributed by atoms with Gasteiger partial charge < -0.3 is 14.1 Å². The van der Waals surface area contributed by atoms with Crippen molar-refractivity contribution in [2.75, 3.05) is 13.2 Å². The van der Waals surface area contributed by atoms with Crippen molar-refractivity contribution in [1.29, 1.82) is 0 Å².